The van der Waals surface area contributed by atoms with Crippen molar-refractivity contribution in [3.8, 4) is 22.0 Å². The number of hydrogen-bond donors (Lipinski definition) is 0. The molecule has 4 rings (SSSR count). The smallest absolute Gasteiger partial charge is 0.207 e. The van der Waals surface area contributed by atoms with Gasteiger partial charge in [-0.3, -0.25) is 0 Å². The van der Waals surface area contributed by atoms with Crippen LogP contribution < -0.4 is 0 Å². The summed E-state index contributed by atoms with van der Waals surface area (Å²) < 4.78 is 16.0. The Bertz CT molecular complexity index is 979. The summed E-state index contributed by atoms with van der Waals surface area (Å²) >= 11 is 4.82. The number of hydrogen-bond acceptors (Lipinski definition) is 4. The van der Waals surface area contributed by atoms with E-state index in [2.05, 4.69) is 31.2 Å². The second kappa shape index (κ2) is 5.26. The van der Waals surface area contributed by atoms with Crippen LogP contribution in [0.2, 0.25) is 0 Å². The Kier molecular flexibility index (Phi) is 3.24. The lowest BCUT2D eigenvalue weighted by Crippen LogP contribution is -1.91. The maximum absolute atomic E-state index is 13.4. The predicted octanol–water partition coefficient (Wildman–Crippen LogP) is 4.42. The molecule has 4 aromatic rings. The largest absolute Gasteiger partial charge is 0.235 e. The maximum atomic E-state index is 13.4. The van der Waals surface area contributed by atoms with Gasteiger partial charge in [-0.25, -0.2) is 4.39 Å². The first-order valence-corrected chi connectivity index (χ1v) is 8.06. The van der Waals surface area contributed by atoms with Gasteiger partial charge in [-0.1, -0.05) is 51.5 Å². The lowest BCUT2D eigenvalue weighted by Gasteiger charge is -1.98. The summed E-state index contributed by atoms with van der Waals surface area (Å²) in [5.41, 5.74) is 1.65. The molecule has 22 heavy (non-hydrogen) atoms. The molecule has 4 nitrogen and oxygen atoms in total. The Morgan fingerprint density at radius 1 is 1.00 bits per heavy atom. The second-order valence-electron chi connectivity index (χ2n) is 4.65. The van der Waals surface area contributed by atoms with Crippen LogP contribution in [-0.2, 0) is 0 Å². The zero-order chi connectivity index (χ0) is 15.1. The van der Waals surface area contributed by atoms with Crippen molar-refractivity contribution in [2.75, 3.05) is 0 Å². The predicted molar refractivity (Wildman–Crippen MR) is 87.2 cm³/mol. The summed E-state index contributed by atoms with van der Waals surface area (Å²) in [5, 5.41) is 13.6. The number of rotatable bonds is 2. The maximum Gasteiger partial charge on any atom is 0.235 e. The number of nitrogens with zero attached hydrogens (tertiary/aromatic N) is 4. The van der Waals surface area contributed by atoms with Crippen molar-refractivity contribution in [2.24, 2.45) is 0 Å². The Hall–Kier alpha value is -2.12. The van der Waals surface area contributed by atoms with Gasteiger partial charge in [-0.2, -0.15) is 9.61 Å². The molecule has 0 radical (unpaired) electrons. The molecular weight excluding hydrogens is 367 g/mol. The van der Waals surface area contributed by atoms with E-state index in [4.69, 9.17) is 0 Å². The fourth-order valence-corrected chi connectivity index (χ4v) is 3.40. The molecule has 2 heterocycles. The fourth-order valence-electron chi connectivity index (χ4n) is 2.16. The van der Waals surface area contributed by atoms with Gasteiger partial charge in [0, 0.05) is 15.6 Å². The van der Waals surface area contributed by atoms with E-state index in [9.17, 15) is 4.39 Å². The van der Waals surface area contributed by atoms with Gasteiger partial charge in [-0.05, 0) is 24.3 Å². The van der Waals surface area contributed by atoms with E-state index in [1.54, 1.807) is 10.6 Å². The Labute approximate surface area is 137 Å². The third-order valence-electron chi connectivity index (χ3n) is 3.15. The number of halogens is 2. The van der Waals surface area contributed by atoms with Crippen molar-refractivity contribution in [1.82, 2.24) is 19.8 Å². The second-order valence-corrected chi connectivity index (χ2v) is 6.52. The highest BCUT2D eigenvalue weighted by Crippen LogP contribution is 2.29. The van der Waals surface area contributed by atoms with Gasteiger partial charge < -0.3 is 0 Å². The molecule has 7 heteroatoms. The first kappa shape index (κ1) is 13.5. The van der Waals surface area contributed by atoms with Crippen molar-refractivity contribution in [3.63, 3.8) is 0 Å². The first-order chi connectivity index (χ1) is 10.7. The molecule has 0 spiro atoms. The minimum atomic E-state index is -0.282. The summed E-state index contributed by atoms with van der Waals surface area (Å²) in [4.78, 5) is 0.675. The molecule has 0 N–H and O–H groups in total. The minimum Gasteiger partial charge on any atom is -0.207 e. The van der Waals surface area contributed by atoms with Gasteiger partial charge in [0.25, 0.3) is 0 Å². The number of fused-ring (bicyclic) bond motifs is 1. The SMILES string of the molecule is Fc1cccc(-c2nn3c(-c4cccc(Br)c4)nnc3s2)c1. The molecule has 0 saturated carbocycles. The highest BCUT2D eigenvalue weighted by molar-refractivity contribution is 9.10. The van der Waals surface area contributed by atoms with Crippen molar-refractivity contribution < 1.29 is 4.39 Å². The third-order valence-corrected chi connectivity index (χ3v) is 4.59. The lowest BCUT2D eigenvalue weighted by molar-refractivity contribution is 0.628. The number of benzene rings is 2. The molecule has 0 aliphatic rings. The molecular formula is C15H8BrFN4S. The average molecular weight is 375 g/mol. The molecule has 0 fully saturated rings. The summed E-state index contributed by atoms with van der Waals surface area (Å²) in [7, 11) is 0. The highest BCUT2D eigenvalue weighted by atomic mass is 79.9. The van der Waals surface area contributed by atoms with Crippen molar-refractivity contribution >= 4 is 32.2 Å². The van der Waals surface area contributed by atoms with Crippen LogP contribution in [0.4, 0.5) is 4.39 Å². The van der Waals surface area contributed by atoms with E-state index in [-0.39, 0.29) is 5.82 Å². The highest BCUT2D eigenvalue weighted by Gasteiger charge is 2.14. The van der Waals surface area contributed by atoms with Crippen LogP contribution in [0, 0.1) is 5.82 Å². The van der Waals surface area contributed by atoms with Gasteiger partial charge in [0.05, 0.1) is 0 Å². The van der Waals surface area contributed by atoms with Crippen LogP contribution in [0.15, 0.2) is 53.0 Å². The minimum absolute atomic E-state index is 0.282. The summed E-state index contributed by atoms with van der Waals surface area (Å²) in [6.45, 7) is 0. The van der Waals surface area contributed by atoms with Crippen LogP contribution in [0.5, 0.6) is 0 Å². The molecule has 0 atom stereocenters. The molecule has 0 bridgehead atoms. The lowest BCUT2D eigenvalue weighted by atomic mass is 10.2. The van der Waals surface area contributed by atoms with Crippen molar-refractivity contribution in [2.45, 2.75) is 0 Å². The fraction of sp³-hybridized carbons (Fsp3) is 0. The third kappa shape index (κ3) is 2.32. The van der Waals surface area contributed by atoms with Crippen LogP contribution in [0.3, 0.4) is 0 Å². The summed E-state index contributed by atoms with van der Waals surface area (Å²) in [5.74, 6) is 0.380. The van der Waals surface area contributed by atoms with Gasteiger partial charge in [0.1, 0.15) is 10.8 Å². The molecule has 0 aliphatic carbocycles. The Morgan fingerprint density at radius 3 is 2.64 bits per heavy atom. The number of aromatic nitrogens is 4. The molecule has 0 saturated heterocycles. The van der Waals surface area contributed by atoms with E-state index in [0.29, 0.717) is 15.8 Å². The van der Waals surface area contributed by atoms with Gasteiger partial charge in [-0.15, -0.1) is 10.2 Å². The van der Waals surface area contributed by atoms with Crippen LogP contribution in [0.1, 0.15) is 0 Å². The van der Waals surface area contributed by atoms with Gasteiger partial charge >= 0.3 is 0 Å². The first-order valence-electron chi connectivity index (χ1n) is 6.45. The van der Waals surface area contributed by atoms with Crippen molar-refractivity contribution in [1.29, 1.82) is 0 Å². The van der Waals surface area contributed by atoms with E-state index in [0.717, 1.165) is 15.6 Å². The van der Waals surface area contributed by atoms with E-state index in [1.165, 1.54) is 23.5 Å². The molecule has 0 amide bonds. The standard InChI is InChI=1S/C15H8BrFN4S/c16-11-5-1-3-9(7-11)13-18-19-15-21(13)20-14(22-15)10-4-2-6-12(17)8-10/h1-8H. The molecule has 2 aromatic heterocycles. The molecule has 0 aliphatic heterocycles. The molecule has 0 unspecified atom stereocenters. The van der Waals surface area contributed by atoms with Gasteiger partial charge in [0.15, 0.2) is 5.82 Å². The van der Waals surface area contributed by atoms with Crippen molar-refractivity contribution in [3.05, 3.63) is 58.8 Å². The molecule has 2 aromatic carbocycles. The summed E-state index contributed by atoms with van der Waals surface area (Å²) in [6.07, 6.45) is 0. The van der Waals surface area contributed by atoms with E-state index >= 15 is 0 Å². The van der Waals surface area contributed by atoms with Crippen LogP contribution >= 0.6 is 27.3 Å². The van der Waals surface area contributed by atoms with Gasteiger partial charge in [0.2, 0.25) is 4.96 Å². The Morgan fingerprint density at radius 2 is 1.82 bits per heavy atom. The average Bonchev–Trinajstić information content (AvgIpc) is 3.07. The van der Waals surface area contributed by atoms with Crippen LogP contribution in [0.25, 0.3) is 26.9 Å². The monoisotopic (exact) mass is 374 g/mol. The summed E-state index contributed by atoms with van der Waals surface area (Å²) in [6, 6.07) is 14.2. The zero-order valence-electron chi connectivity index (χ0n) is 11.1. The van der Waals surface area contributed by atoms with E-state index in [1.807, 2.05) is 30.3 Å². The van der Waals surface area contributed by atoms with E-state index < -0.39 is 0 Å². The van der Waals surface area contributed by atoms with Crippen LogP contribution in [-0.4, -0.2) is 19.8 Å². The quantitative estimate of drug-likeness (QED) is 0.521. The zero-order valence-corrected chi connectivity index (χ0v) is 13.5. The normalized spacial score (nSPS) is 11.2. The molecule has 108 valence electrons. The Balaban J connectivity index is 1.86. The topological polar surface area (TPSA) is 43.1 Å².